The summed E-state index contributed by atoms with van der Waals surface area (Å²) >= 11 is 6.47. The highest BCUT2D eigenvalue weighted by Gasteiger charge is 2.28. The van der Waals surface area contributed by atoms with Crippen molar-refractivity contribution in [3.8, 4) is 11.5 Å². The normalized spacial score (nSPS) is 16.5. The van der Waals surface area contributed by atoms with E-state index in [0.29, 0.717) is 68.3 Å². The van der Waals surface area contributed by atoms with Gasteiger partial charge in [0.25, 0.3) is 0 Å². The van der Waals surface area contributed by atoms with Gasteiger partial charge in [0.05, 0.1) is 5.52 Å². The number of benzene rings is 1. The van der Waals surface area contributed by atoms with Gasteiger partial charge in [0.2, 0.25) is 17.7 Å². The lowest BCUT2D eigenvalue weighted by Gasteiger charge is -2.36. The van der Waals surface area contributed by atoms with Gasteiger partial charge in [-0.05, 0) is 63.9 Å². The lowest BCUT2D eigenvalue weighted by molar-refractivity contribution is -0.132. The molecule has 1 aromatic carbocycles. The first-order valence-corrected chi connectivity index (χ1v) is 15.1. The van der Waals surface area contributed by atoms with Crippen molar-refractivity contribution in [2.45, 2.75) is 51.7 Å². The van der Waals surface area contributed by atoms with Crippen molar-refractivity contribution >= 4 is 40.5 Å². The summed E-state index contributed by atoms with van der Waals surface area (Å²) in [5.74, 6) is 0.384. The van der Waals surface area contributed by atoms with Crippen LogP contribution in [-0.4, -0.2) is 91.4 Å². The van der Waals surface area contributed by atoms with Gasteiger partial charge in [-0.25, -0.2) is 14.6 Å². The van der Waals surface area contributed by atoms with E-state index in [-0.39, 0.29) is 41.9 Å². The first kappa shape index (κ1) is 29.7. The molecule has 0 atom stereocenters. The number of nitrogens with zero attached hydrogens (tertiary/aromatic N) is 7. The van der Waals surface area contributed by atoms with Gasteiger partial charge in [-0.1, -0.05) is 11.6 Å². The molecule has 2 amide bonds. The minimum absolute atomic E-state index is 0.0168. The van der Waals surface area contributed by atoms with Crippen LogP contribution in [0.25, 0.3) is 22.6 Å². The van der Waals surface area contributed by atoms with E-state index < -0.39 is 5.60 Å². The predicted molar refractivity (Wildman–Crippen MR) is 164 cm³/mol. The van der Waals surface area contributed by atoms with Crippen molar-refractivity contribution in [3.05, 3.63) is 57.9 Å². The number of nitrogens with one attached hydrogen (secondary N) is 1. The summed E-state index contributed by atoms with van der Waals surface area (Å²) in [7, 11) is 0. The summed E-state index contributed by atoms with van der Waals surface area (Å²) in [6, 6.07) is 9.19. The van der Waals surface area contributed by atoms with Crippen LogP contribution in [-0.2, 0) is 16.0 Å². The predicted octanol–water partition coefficient (Wildman–Crippen LogP) is 3.89. The number of rotatable bonds is 5. The molecule has 232 valence electrons. The van der Waals surface area contributed by atoms with Crippen LogP contribution in [0.4, 0.5) is 10.5 Å². The number of H-pyrrole nitrogens is 1. The van der Waals surface area contributed by atoms with Crippen LogP contribution in [0.2, 0.25) is 5.02 Å². The number of imidazole rings is 1. The van der Waals surface area contributed by atoms with Crippen molar-refractivity contribution in [1.29, 1.82) is 0 Å². The quantitative estimate of drug-likeness (QED) is 0.351. The molecular formula is C30H35ClN8O5. The van der Waals surface area contributed by atoms with Gasteiger partial charge in [-0.2, -0.15) is 0 Å². The maximum atomic E-state index is 13.1. The van der Waals surface area contributed by atoms with Gasteiger partial charge in [0, 0.05) is 67.8 Å². The van der Waals surface area contributed by atoms with Crippen LogP contribution in [0.5, 0.6) is 0 Å². The van der Waals surface area contributed by atoms with E-state index in [1.165, 1.54) is 0 Å². The second-order valence-electron chi connectivity index (χ2n) is 12.1. The topological polar surface area (TPSA) is 143 Å². The standard InChI is InChI=1S/C30H35ClN8O5/c1-30(2,3)44-29(42)38-13-11-36(12-14-38)22-16-19(15-20(31)17-22)27-35-34-24(43-27)18-25(40)37-9-6-21(7-10-37)39-23-5-4-8-32-26(23)33-28(39)41/h4-5,8,15-17,21H,6-7,9-14,18H2,1-3H3,(H,32,33,41). The number of amides is 2. The van der Waals surface area contributed by atoms with Crippen molar-refractivity contribution in [3.63, 3.8) is 0 Å². The molecule has 5 heterocycles. The highest BCUT2D eigenvalue weighted by molar-refractivity contribution is 6.31. The number of hydrogen-bond donors (Lipinski definition) is 1. The summed E-state index contributed by atoms with van der Waals surface area (Å²) in [6.45, 7) is 8.87. The number of likely N-dealkylation sites (tertiary alicyclic amines) is 1. The van der Waals surface area contributed by atoms with E-state index in [4.69, 9.17) is 20.8 Å². The SMILES string of the molecule is CC(C)(C)OC(=O)N1CCN(c2cc(Cl)cc(-c3nnc(CC(=O)N4CCC(n5c(=O)[nH]c6ncccc65)CC4)o3)c2)CC1. The third-order valence-electron chi connectivity index (χ3n) is 7.87. The zero-order valence-corrected chi connectivity index (χ0v) is 25.7. The van der Waals surface area contributed by atoms with E-state index >= 15 is 0 Å². The number of piperazine rings is 1. The van der Waals surface area contributed by atoms with Gasteiger partial charge in [-0.3, -0.25) is 14.3 Å². The number of aromatic amines is 1. The van der Waals surface area contributed by atoms with Crippen LogP contribution in [0.15, 0.2) is 45.7 Å². The monoisotopic (exact) mass is 622 g/mol. The van der Waals surface area contributed by atoms with E-state index in [1.54, 1.807) is 26.6 Å². The molecule has 0 unspecified atom stereocenters. The first-order chi connectivity index (χ1) is 21.0. The molecule has 2 aliphatic heterocycles. The number of pyridine rings is 1. The highest BCUT2D eigenvalue weighted by Crippen LogP contribution is 2.30. The maximum absolute atomic E-state index is 13.1. The second-order valence-corrected chi connectivity index (χ2v) is 12.5. The Bertz CT molecular complexity index is 1720. The zero-order valence-electron chi connectivity index (χ0n) is 25.0. The number of carbonyl (C=O) groups is 2. The zero-order chi connectivity index (χ0) is 31.0. The molecule has 0 radical (unpaired) electrons. The molecule has 14 heteroatoms. The molecule has 3 aromatic heterocycles. The number of halogens is 1. The fraction of sp³-hybridized carbons (Fsp3) is 0.467. The number of carbonyl (C=O) groups excluding carboxylic acids is 2. The summed E-state index contributed by atoms with van der Waals surface area (Å²) in [5.41, 5.74) is 2.13. The van der Waals surface area contributed by atoms with Crippen LogP contribution in [0.3, 0.4) is 0 Å². The molecular weight excluding hydrogens is 588 g/mol. The number of fused-ring (bicyclic) bond motifs is 1. The number of aromatic nitrogens is 5. The van der Waals surface area contributed by atoms with Crippen LogP contribution >= 0.6 is 11.6 Å². The van der Waals surface area contributed by atoms with Gasteiger partial charge >= 0.3 is 11.8 Å². The molecule has 1 N–H and O–H groups in total. The minimum atomic E-state index is -0.543. The van der Waals surface area contributed by atoms with Crippen molar-refractivity contribution < 1.29 is 18.7 Å². The van der Waals surface area contributed by atoms with E-state index in [0.717, 1.165) is 11.2 Å². The van der Waals surface area contributed by atoms with Gasteiger partial charge in [0.15, 0.2) is 5.65 Å². The largest absolute Gasteiger partial charge is 0.444 e. The van der Waals surface area contributed by atoms with Crippen molar-refractivity contribution in [2.75, 3.05) is 44.2 Å². The molecule has 2 saturated heterocycles. The van der Waals surface area contributed by atoms with Gasteiger partial charge < -0.3 is 23.9 Å². The van der Waals surface area contributed by atoms with Gasteiger partial charge in [0.1, 0.15) is 12.0 Å². The molecule has 6 rings (SSSR count). The van der Waals surface area contributed by atoms with E-state index in [9.17, 15) is 14.4 Å². The minimum Gasteiger partial charge on any atom is -0.444 e. The molecule has 4 aromatic rings. The Morgan fingerprint density at radius 1 is 1.05 bits per heavy atom. The molecule has 2 fully saturated rings. The summed E-state index contributed by atoms with van der Waals surface area (Å²) in [5, 5.41) is 8.82. The third kappa shape index (κ3) is 6.42. The Morgan fingerprint density at radius 3 is 2.52 bits per heavy atom. The fourth-order valence-electron chi connectivity index (χ4n) is 5.73. The van der Waals surface area contributed by atoms with Crippen LogP contribution < -0.4 is 10.6 Å². The second kappa shape index (κ2) is 11.9. The molecule has 0 aliphatic carbocycles. The van der Waals surface area contributed by atoms with Crippen LogP contribution in [0.1, 0.15) is 45.5 Å². The lowest BCUT2D eigenvalue weighted by atomic mass is 10.0. The smallest absolute Gasteiger partial charge is 0.410 e. The summed E-state index contributed by atoms with van der Waals surface area (Å²) < 4.78 is 13.1. The van der Waals surface area contributed by atoms with E-state index in [2.05, 4.69) is 25.1 Å². The Kier molecular flexibility index (Phi) is 8.06. The third-order valence-corrected chi connectivity index (χ3v) is 8.09. The Hall–Kier alpha value is -4.39. The van der Waals surface area contributed by atoms with Crippen molar-refractivity contribution in [1.82, 2.24) is 34.5 Å². The Morgan fingerprint density at radius 2 is 1.80 bits per heavy atom. The lowest BCUT2D eigenvalue weighted by Crippen LogP contribution is -2.50. The molecule has 44 heavy (non-hydrogen) atoms. The summed E-state index contributed by atoms with van der Waals surface area (Å²) in [6.07, 6.45) is 2.62. The molecule has 0 bridgehead atoms. The molecule has 2 aliphatic rings. The first-order valence-electron chi connectivity index (χ1n) is 14.7. The number of ether oxygens (including phenoxy) is 1. The summed E-state index contributed by atoms with van der Waals surface area (Å²) in [4.78, 5) is 50.7. The van der Waals surface area contributed by atoms with Crippen LogP contribution in [0, 0.1) is 0 Å². The molecule has 0 saturated carbocycles. The Balaban J connectivity index is 1.06. The molecule has 0 spiro atoms. The highest BCUT2D eigenvalue weighted by atomic mass is 35.5. The fourth-order valence-corrected chi connectivity index (χ4v) is 5.96. The van der Waals surface area contributed by atoms with E-state index in [1.807, 2.05) is 45.0 Å². The van der Waals surface area contributed by atoms with Gasteiger partial charge in [-0.15, -0.1) is 10.2 Å². The Labute approximate surface area is 258 Å². The number of piperidine rings is 1. The average molecular weight is 623 g/mol. The molecule has 13 nitrogen and oxygen atoms in total. The average Bonchev–Trinajstić information content (AvgIpc) is 3.59. The number of hydrogen-bond acceptors (Lipinski definition) is 9. The maximum Gasteiger partial charge on any atom is 0.410 e. The van der Waals surface area contributed by atoms with Crippen molar-refractivity contribution in [2.24, 2.45) is 0 Å². The number of anilines is 1.